The average molecular weight is 533 g/mol. The van der Waals surface area contributed by atoms with E-state index in [1.807, 2.05) is 0 Å². The first-order valence-corrected chi connectivity index (χ1v) is 14.5. The van der Waals surface area contributed by atoms with Crippen LogP contribution in [0.4, 0.5) is 29.2 Å². The third kappa shape index (κ3) is 5.13. The van der Waals surface area contributed by atoms with E-state index in [9.17, 15) is 0 Å². The maximum atomic E-state index is 5.08. The smallest absolute Gasteiger partial charge is 0.232 e. The van der Waals surface area contributed by atoms with Gasteiger partial charge in [-0.05, 0) is 41.8 Å². The van der Waals surface area contributed by atoms with E-state index in [4.69, 9.17) is 15.0 Å². The van der Waals surface area contributed by atoms with Crippen molar-refractivity contribution in [1.29, 1.82) is 0 Å². The van der Waals surface area contributed by atoms with Gasteiger partial charge in [0.05, 0.1) is 0 Å². The Hall–Kier alpha value is -4.33. The molecule has 4 aromatic rings. The van der Waals surface area contributed by atoms with Crippen molar-refractivity contribution in [3.8, 4) is 0 Å². The second-order valence-electron chi connectivity index (χ2n) is 10.8. The highest BCUT2D eigenvalue weighted by molar-refractivity contribution is 5.53. The maximum Gasteiger partial charge on any atom is 0.232 e. The highest BCUT2D eigenvalue weighted by Gasteiger charge is 2.27. The number of nitrogens with zero attached hydrogens (tertiary/aromatic N) is 8. The van der Waals surface area contributed by atoms with E-state index in [0.29, 0.717) is 0 Å². The van der Waals surface area contributed by atoms with Gasteiger partial charge >= 0.3 is 0 Å². The summed E-state index contributed by atoms with van der Waals surface area (Å²) < 4.78 is 0. The van der Waals surface area contributed by atoms with E-state index in [1.54, 1.807) is 0 Å². The largest absolute Gasteiger partial charge is 0.368 e. The van der Waals surface area contributed by atoms with Crippen LogP contribution in [0, 0.1) is 0 Å². The van der Waals surface area contributed by atoms with Gasteiger partial charge in [-0.1, -0.05) is 60.7 Å². The predicted molar refractivity (Wildman–Crippen MR) is 163 cm³/mol. The third-order valence-corrected chi connectivity index (χ3v) is 8.38. The summed E-state index contributed by atoms with van der Waals surface area (Å²) in [6, 6.07) is 30.1. The molecular weight excluding hydrogens is 496 g/mol. The fraction of sp³-hybridized carbons (Fsp3) is 0.344. The molecule has 2 saturated heterocycles. The lowest BCUT2D eigenvalue weighted by molar-refractivity contribution is 0.618. The summed E-state index contributed by atoms with van der Waals surface area (Å²) in [7, 11) is 0. The van der Waals surface area contributed by atoms with Crippen LogP contribution in [0.2, 0.25) is 0 Å². The molecule has 0 saturated carbocycles. The van der Waals surface area contributed by atoms with Gasteiger partial charge in [0, 0.05) is 76.8 Å². The topological polar surface area (TPSA) is 54.9 Å². The number of para-hydroxylation sites is 2. The molecule has 0 amide bonds. The SMILES string of the molecule is c1ccc(N2CCN(c3nc(N4CCN(c5ccccc5)CC4)nc(N4CCc5ccccc5C4)n3)CC2)cc1. The number of piperazine rings is 2. The van der Waals surface area contributed by atoms with Crippen LogP contribution in [0.3, 0.4) is 0 Å². The minimum absolute atomic E-state index is 0.797. The number of hydrogen-bond acceptors (Lipinski definition) is 8. The predicted octanol–water partition coefficient (Wildman–Crippen LogP) is 4.09. The monoisotopic (exact) mass is 532 g/mol. The molecule has 8 nitrogen and oxygen atoms in total. The highest BCUT2D eigenvalue weighted by Crippen LogP contribution is 2.27. The van der Waals surface area contributed by atoms with Gasteiger partial charge in [0.15, 0.2) is 0 Å². The Morgan fingerprint density at radius 3 is 1.27 bits per heavy atom. The fourth-order valence-corrected chi connectivity index (χ4v) is 6.04. The minimum Gasteiger partial charge on any atom is -0.368 e. The Bertz CT molecular complexity index is 1340. The van der Waals surface area contributed by atoms with Crippen molar-refractivity contribution in [2.45, 2.75) is 13.0 Å². The number of benzene rings is 3. The highest BCUT2D eigenvalue weighted by atomic mass is 15.4. The molecule has 0 unspecified atom stereocenters. The molecule has 0 N–H and O–H groups in total. The lowest BCUT2D eigenvalue weighted by Crippen LogP contribution is -2.49. The molecule has 8 heteroatoms. The van der Waals surface area contributed by atoms with Crippen LogP contribution in [-0.4, -0.2) is 73.9 Å². The van der Waals surface area contributed by atoms with Crippen LogP contribution in [0.25, 0.3) is 0 Å². The zero-order chi connectivity index (χ0) is 26.7. The van der Waals surface area contributed by atoms with E-state index in [-0.39, 0.29) is 0 Å². The van der Waals surface area contributed by atoms with Gasteiger partial charge in [0.2, 0.25) is 17.8 Å². The molecule has 3 aliphatic heterocycles. The average Bonchev–Trinajstić information content (AvgIpc) is 3.05. The zero-order valence-corrected chi connectivity index (χ0v) is 22.9. The summed E-state index contributed by atoms with van der Waals surface area (Å²) >= 11 is 0. The third-order valence-electron chi connectivity index (χ3n) is 8.38. The molecular formula is C32H36N8. The molecule has 1 aromatic heterocycles. The van der Waals surface area contributed by atoms with Crippen molar-refractivity contribution in [2.24, 2.45) is 0 Å². The van der Waals surface area contributed by atoms with Crippen LogP contribution < -0.4 is 24.5 Å². The number of rotatable bonds is 5. The molecule has 2 fully saturated rings. The van der Waals surface area contributed by atoms with Gasteiger partial charge in [0.1, 0.15) is 0 Å². The second kappa shape index (κ2) is 11.0. The van der Waals surface area contributed by atoms with Gasteiger partial charge in [-0.25, -0.2) is 0 Å². The number of aromatic nitrogens is 3. The van der Waals surface area contributed by atoms with Crippen molar-refractivity contribution in [2.75, 3.05) is 83.4 Å². The lowest BCUT2D eigenvalue weighted by Gasteiger charge is -2.38. The summed E-state index contributed by atoms with van der Waals surface area (Å²) in [5.41, 5.74) is 5.36. The Balaban J connectivity index is 1.13. The Kier molecular flexibility index (Phi) is 6.81. The minimum atomic E-state index is 0.797. The van der Waals surface area contributed by atoms with E-state index < -0.39 is 0 Å². The molecule has 204 valence electrons. The van der Waals surface area contributed by atoms with Crippen molar-refractivity contribution < 1.29 is 0 Å². The van der Waals surface area contributed by atoms with Gasteiger partial charge < -0.3 is 24.5 Å². The van der Waals surface area contributed by atoms with Crippen molar-refractivity contribution in [3.05, 3.63) is 96.1 Å². The van der Waals surface area contributed by atoms with E-state index in [1.165, 1.54) is 22.5 Å². The summed E-state index contributed by atoms with van der Waals surface area (Å²) in [6.45, 7) is 9.13. The Morgan fingerprint density at radius 1 is 0.375 bits per heavy atom. The standard InChI is InChI=1S/C32H36N8/c1-3-11-28(12-4-1)36-17-21-38(22-18-36)30-33-31(39-23-19-37(20-24-39)29-13-5-2-6-14-29)35-32(34-30)40-16-15-26-9-7-8-10-27(26)25-40/h1-14H,15-25H2. The zero-order valence-electron chi connectivity index (χ0n) is 22.9. The van der Waals surface area contributed by atoms with Crippen LogP contribution >= 0.6 is 0 Å². The molecule has 4 heterocycles. The van der Waals surface area contributed by atoms with Crippen LogP contribution in [0.5, 0.6) is 0 Å². The normalized spacial score (nSPS) is 17.6. The summed E-state index contributed by atoms with van der Waals surface area (Å²) in [6.07, 6.45) is 1.01. The number of anilines is 5. The summed E-state index contributed by atoms with van der Waals surface area (Å²) in [5.74, 6) is 2.40. The van der Waals surface area contributed by atoms with Gasteiger partial charge in [0.25, 0.3) is 0 Å². The Morgan fingerprint density at radius 2 is 0.775 bits per heavy atom. The second-order valence-corrected chi connectivity index (χ2v) is 10.8. The molecule has 3 aromatic carbocycles. The summed E-state index contributed by atoms with van der Waals surface area (Å²) in [4.78, 5) is 27.2. The van der Waals surface area contributed by atoms with Crippen molar-refractivity contribution in [3.63, 3.8) is 0 Å². The molecule has 0 spiro atoms. The first-order valence-electron chi connectivity index (χ1n) is 14.5. The molecule has 7 rings (SSSR count). The fourth-order valence-electron chi connectivity index (χ4n) is 6.04. The first kappa shape index (κ1) is 24.7. The molecule has 40 heavy (non-hydrogen) atoms. The van der Waals surface area contributed by atoms with Gasteiger partial charge in [-0.3, -0.25) is 0 Å². The number of hydrogen-bond donors (Lipinski definition) is 0. The first-order chi connectivity index (χ1) is 19.8. The summed E-state index contributed by atoms with van der Waals surface area (Å²) in [5, 5.41) is 0. The maximum absolute atomic E-state index is 5.08. The van der Waals surface area contributed by atoms with Gasteiger partial charge in [-0.2, -0.15) is 15.0 Å². The molecule has 3 aliphatic rings. The van der Waals surface area contributed by atoms with Crippen molar-refractivity contribution in [1.82, 2.24) is 15.0 Å². The van der Waals surface area contributed by atoms with E-state index >= 15 is 0 Å². The van der Waals surface area contributed by atoms with Crippen LogP contribution in [0.15, 0.2) is 84.9 Å². The lowest BCUT2D eigenvalue weighted by atomic mass is 10.0. The quantitative estimate of drug-likeness (QED) is 0.381. The van der Waals surface area contributed by atoms with Crippen LogP contribution in [-0.2, 0) is 13.0 Å². The number of fused-ring (bicyclic) bond motifs is 1. The molecule has 0 atom stereocenters. The molecule has 0 bridgehead atoms. The van der Waals surface area contributed by atoms with E-state index in [0.717, 1.165) is 89.7 Å². The van der Waals surface area contributed by atoms with E-state index in [2.05, 4.69) is 109 Å². The van der Waals surface area contributed by atoms with Crippen LogP contribution in [0.1, 0.15) is 11.1 Å². The van der Waals surface area contributed by atoms with Crippen molar-refractivity contribution >= 4 is 29.2 Å². The molecule has 0 aliphatic carbocycles. The van der Waals surface area contributed by atoms with Gasteiger partial charge in [-0.15, -0.1) is 0 Å². The molecule has 0 radical (unpaired) electrons. The Labute approximate surface area is 236 Å².